The zero-order valence-electron chi connectivity index (χ0n) is 11.5. The maximum atomic E-state index is 11.3. The molecule has 1 atom stereocenters. The van der Waals surface area contributed by atoms with Gasteiger partial charge in [-0.3, -0.25) is 0 Å². The van der Waals surface area contributed by atoms with Crippen LogP contribution in [0.2, 0.25) is 0 Å². The number of nitrogens with one attached hydrogen (secondary N) is 1. The molecule has 1 unspecified atom stereocenters. The molecule has 1 fully saturated rings. The molecule has 20 heavy (non-hydrogen) atoms. The van der Waals surface area contributed by atoms with E-state index >= 15 is 0 Å². The van der Waals surface area contributed by atoms with Crippen LogP contribution in [0.1, 0.15) is 19.8 Å². The average molecular weight is 299 g/mol. The maximum absolute atomic E-state index is 11.3. The van der Waals surface area contributed by atoms with Crippen molar-refractivity contribution < 1.29 is 13.2 Å². The fourth-order valence-corrected chi connectivity index (χ4v) is 2.98. The van der Waals surface area contributed by atoms with E-state index in [-0.39, 0.29) is 10.9 Å². The molecule has 1 aliphatic heterocycles. The van der Waals surface area contributed by atoms with Crippen LogP contribution in [0.5, 0.6) is 0 Å². The smallest absolute Gasteiger partial charge is 0.238 e. The summed E-state index contributed by atoms with van der Waals surface area (Å²) in [6.45, 7) is 3.68. The Kier molecular flexibility index (Phi) is 4.52. The number of nitrogen functional groups attached to an aromatic ring is 1. The number of anilines is 2. The Morgan fingerprint density at radius 2 is 2.00 bits per heavy atom. The minimum Gasteiger partial charge on any atom is -0.397 e. The van der Waals surface area contributed by atoms with E-state index in [2.05, 4.69) is 12.2 Å². The molecule has 0 aromatic heterocycles. The minimum atomic E-state index is -3.72. The van der Waals surface area contributed by atoms with E-state index in [4.69, 9.17) is 15.6 Å². The standard InChI is InChI=1S/C13H21N3O3S/c1-9(10-4-6-19-7-5-10)16-13-3-2-11(8-12(13)14)20(15,17)18/h2-3,8-10,16H,4-7,14H2,1H3,(H2,15,17,18). The van der Waals surface area contributed by atoms with E-state index in [0.29, 0.717) is 11.6 Å². The highest BCUT2D eigenvalue weighted by molar-refractivity contribution is 7.89. The van der Waals surface area contributed by atoms with Gasteiger partial charge in [-0.2, -0.15) is 0 Å². The Labute approximate surface area is 119 Å². The quantitative estimate of drug-likeness (QED) is 0.723. The first-order chi connectivity index (χ1) is 9.38. The van der Waals surface area contributed by atoms with Crippen molar-refractivity contribution in [1.29, 1.82) is 0 Å². The summed E-state index contributed by atoms with van der Waals surface area (Å²) in [6.07, 6.45) is 2.03. The van der Waals surface area contributed by atoms with Crippen molar-refractivity contribution in [2.45, 2.75) is 30.7 Å². The summed E-state index contributed by atoms with van der Waals surface area (Å²) in [7, 11) is -3.72. The number of hydrogen-bond acceptors (Lipinski definition) is 5. The van der Waals surface area contributed by atoms with Crippen molar-refractivity contribution in [1.82, 2.24) is 0 Å². The average Bonchev–Trinajstić information content (AvgIpc) is 2.41. The van der Waals surface area contributed by atoms with E-state index in [1.807, 2.05) is 0 Å². The van der Waals surface area contributed by atoms with Crippen LogP contribution in [0.25, 0.3) is 0 Å². The van der Waals surface area contributed by atoms with Crippen molar-refractivity contribution in [3.05, 3.63) is 18.2 Å². The van der Waals surface area contributed by atoms with E-state index < -0.39 is 10.0 Å². The summed E-state index contributed by atoms with van der Waals surface area (Å²) in [6, 6.07) is 4.76. The Morgan fingerprint density at radius 1 is 1.35 bits per heavy atom. The molecule has 1 aromatic carbocycles. The number of ether oxygens (including phenoxy) is 1. The van der Waals surface area contributed by atoms with Crippen LogP contribution in [0.15, 0.2) is 23.1 Å². The molecule has 5 N–H and O–H groups in total. The largest absolute Gasteiger partial charge is 0.397 e. The van der Waals surface area contributed by atoms with Gasteiger partial charge in [0.05, 0.1) is 16.3 Å². The molecule has 0 spiro atoms. The second-order valence-electron chi connectivity index (χ2n) is 5.18. The zero-order chi connectivity index (χ0) is 14.8. The summed E-state index contributed by atoms with van der Waals surface area (Å²) in [4.78, 5) is 0.0271. The number of primary sulfonamides is 1. The first-order valence-electron chi connectivity index (χ1n) is 6.64. The predicted octanol–water partition coefficient (Wildman–Crippen LogP) is 1.14. The lowest BCUT2D eigenvalue weighted by molar-refractivity contribution is 0.0622. The molecule has 1 aliphatic rings. The van der Waals surface area contributed by atoms with Gasteiger partial charge in [-0.1, -0.05) is 0 Å². The summed E-state index contributed by atoms with van der Waals surface area (Å²) < 4.78 is 27.9. The Balaban J connectivity index is 2.09. The lowest BCUT2D eigenvalue weighted by Crippen LogP contribution is -2.31. The number of rotatable bonds is 4. The molecule has 0 radical (unpaired) electrons. The van der Waals surface area contributed by atoms with Crippen LogP contribution < -0.4 is 16.2 Å². The molecule has 112 valence electrons. The SMILES string of the molecule is CC(Nc1ccc(S(N)(=O)=O)cc1N)C1CCOCC1. The van der Waals surface area contributed by atoms with Gasteiger partial charge in [0.15, 0.2) is 0 Å². The third kappa shape index (κ3) is 3.62. The van der Waals surface area contributed by atoms with Gasteiger partial charge in [0.25, 0.3) is 0 Å². The van der Waals surface area contributed by atoms with E-state index in [9.17, 15) is 8.42 Å². The topological polar surface area (TPSA) is 107 Å². The third-order valence-corrected chi connectivity index (χ3v) is 4.62. The van der Waals surface area contributed by atoms with Crippen molar-refractivity contribution in [3.8, 4) is 0 Å². The predicted molar refractivity (Wildman–Crippen MR) is 78.9 cm³/mol. The van der Waals surface area contributed by atoms with Crippen LogP contribution in [-0.4, -0.2) is 27.7 Å². The first kappa shape index (κ1) is 15.1. The highest BCUT2D eigenvalue weighted by Crippen LogP contribution is 2.26. The molecule has 6 nitrogen and oxygen atoms in total. The maximum Gasteiger partial charge on any atom is 0.238 e. The molecule has 1 aromatic rings. The van der Waals surface area contributed by atoms with Gasteiger partial charge in [-0.25, -0.2) is 13.6 Å². The molecule has 0 amide bonds. The van der Waals surface area contributed by atoms with Gasteiger partial charge < -0.3 is 15.8 Å². The summed E-state index contributed by atoms with van der Waals surface area (Å²) in [5, 5.41) is 8.42. The normalized spacial score (nSPS) is 18.7. The molecule has 0 bridgehead atoms. The van der Waals surface area contributed by atoms with Crippen LogP contribution in [-0.2, 0) is 14.8 Å². The molecule has 0 saturated carbocycles. The van der Waals surface area contributed by atoms with Gasteiger partial charge >= 0.3 is 0 Å². The molecule has 1 heterocycles. The summed E-state index contributed by atoms with van der Waals surface area (Å²) in [5.41, 5.74) is 7.01. The molecular formula is C13H21N3O3S. The summed E-state index contributed by atoms with van der Waals surface area (Å²) in [5.74, 6) is 0.529. The van der Waals surface area contributed by atoms with E-state index in [0.717, 1.165) is 31.7 Å². The van der Waals surface area contributed by atoms with Gasteiger partial charge in [0.2, 0.25) is 10.0 Å². The van der Waals surface area contributed by atoms with E-state index in [1.165, 1.54) is 12.1 Å². The highest BCUT2D eigenvalue weighted by atomic mass is 32.2. The van der Waals surface area contributed by atoms with Crippen molar-refractivity contribution >= 4 is 21.4 Å². The van der Waals surface area contributed by atoms with Crippen LogP contribution in [0.3, 0.4) is 0 Å². The van der Waals surface area contributed by atoms with Gasteiger partial charge in [-0.15, -0.1) is 0 Å². The minimum absolute atomic E-state index is 0.0271. The van der Waals surface area contributed by atoms with Crippen molar-refractivity contribution in [2.75, 3.05) is 24.3 Å². The second kappa shape index (κ2) is 5.99. The summed E-state index contributed by atoms with van der Waals surface area (Å²) >= 11 is 0. The fourth-order valence-electron chi connectivity index (χ4n) is 2.43. The molecule has 1 saturated heterocycles. The fraction of sp³-hybridized carbons (Fsp3) is 0.538. The van der Waals surface area contributed by atoms with Crippen LogP contribution in [0.4, 0.5) is 11.4 Å². The van der Waals surface area contributed by atoms with Crippen molar-refractivity contribution in [2.24, 2.45) is 11.1 Å². The lowest BCUT2D eigenvalue weighted by atomic mass is 9.93. The van der Waals surface area contributed by atoms with Gasteiger partial charge in [0.1, 0.15) is 0 Å². The molecule has 0 aliphatic carbocycles. The molecule has 7 heteroatoms. The third-order valence-electron chi connectivity index (χ3n) is 3.71. The highest BCUT2D eigenvalue weighted by Gasteiger charge is 2.21. The van der Waals surface area contributed by atoms with Gasteiger partial charge in [-0.05, 0) is 43.9 Å². The zero-order valence-corrected chi connectivity index (χ0v) is 12.3. The lowest BCUT2D eigenvalue weighted by Gasteiger charge is -2.29. The Hall–Kier alpha value is -1.31. The number of hydrogen-bond donors (Lipinski definition) is 3. The first-order valence-corrected chi connectivity index (χ1v) is 8.19. The van der Waals surface area contributed by atoms with Crippen LogP contribution >= 0.6 is 0 Å². The Bertz CT molecular complexity index is 568. The number of sulfonamides is 1. The number of benzene rings is 1. The molecule has 2 rings (SSSR count). The number of nitrogens with two attached hydrogens (primary N) is 2. The monoisotopic (exact) mass is 299 g/mol. The molecular weight excluding hydrogens is 278 g/mol. The second-order valence-corrected chi connectivity index (χ2v) is 6.74. The van der Waals surface area contributed by atoms with E-state index in [1.54, 1.807) is 6.07 Å². The van der Waals surface area contributed by atoms with Gasteiger partial charge in [0, 0.05) is 19.3 Å². The Morgan fingerprint density at radius 3 is 2.55 bits per heavy atom. The van der Waals surface area contributed by atoms with Crippen molar-refractivity contribution in [3.63, 3.8) is 0 Å². The van der Waals surface area contributed by atoms with Crippen LogP contribution in [0, 0.1) is 5.92 Å².